The van der Waals surface area contributed by atoms with Crippen molar-refractivity contribution in [3.8, 4) is 11.5 Å². The highest BCUT2D eigenvalue weighted by molar-refractivity contribution is 5.82. The molecule has 0 spiro atoms. The summed E-state index contributed by atoms with van der Waals surface area (Å²) in [4.78, 5) is 25.4. The summed E-state index contributed by atoms with van der Waals surface area (Å²) >= 11 is 0. The van der Waals surface area contributed by atoms with Crippen molar-refractivity contribution in [2.24, 2.45) is 11.8 Å². The topological polar surface area (TPSA) is 75.4 Å². The van der Waals surface area contributed by atoms with Crippen molar-refractivity contribution in [1.29, 1.82) is 0 Å². The maximum Gasteiger partial charge on any atom is 0.261 e. The van der Waals surface area contributed by atoms with Gasteiger partial charge in [0, 0.05) is 38.3 Å². The van der Waals surface area contributed by atoms with Gasteiger partial charge in [-0.2, -0.15) is 4.98 Å². The maximum atomic E-state index is 12.4. The van der Waals surface area contributed by atoms with Crippen LogP contribution in [0.5, 0.6) is 0 Å². The van der Waals surface area contributed by atoms with Crippen molar-refractivity contribution in [2.75, 3.05) is 31.1 Å². The Bertz CT molecular complexity index is 751. The zero-order valence-electron chi connectivity index (χ0n) is 14.0. The number of rotatable bonds is 3. The number of carbonyl (C=O) groups is 1. The first-order valence-corrected chi connectivity index (χ1v) is 8.43. The largest absolute Gasteiger partial charge is 0.352 e. The molecule has 2 aromatic heterocycles. The number of hydrogen-bond acceptors (Lipinski definition) is 6. The van der Waals surface area contributed by atoms with E-state index in [-0.39, 0.29) is 5.92 Å². The number of anilines is 1. The summed E-state index contributed by atoms with van der Waals surface area (Å²) in [7, 11) is 0. The molecule has 1 amide bonds. The average molecular weight is 327 g/mol. The van der Waals surface area contributed by atoms with Crippen LogP contribution < -0.4 is 4.90 Å². The number of carbonyl (C=O) groups excluding carboxylic acids is 1. The van der Waals surface area contributed by atoms with Crippen molar-refractivity contribution < 1.29 is 9.32 Å². The molecule has 0 radical (unpaired) electrons. The van der Waals surface area contributed by atoms with Crippen LogP contribution in [0.2, 0.25) is 0 Å². The van der Waals surface area contributed by atoms with Gasteiger partial charge in [0.05, 0.1) is 5.56 Å². The minimum atomic E-state index is 0.253. The van der Waals surface area contributed by atoms with Crippen LogP contribution in [0.15, 0.2) is 22.9 Å². The lowest BCUT2D eigenvalue weighted by molar-refractivity contribution is -0.133. The second kappa shape index (κ2) is 5.89. The van der Waals surface area contributed by atoms with Crippen LogP contribution in [0.1, 0.15) is 19.2 Å². The Morgan fingerprint density at radius 1 is 1.29 bits per heavy atom. The number of amides is 1. The Balaban J connectivity index is 1.49. The fraction of sp³-hybridized carbons (Fsp3) is 0.529. The Labute approximate surface area is 140 Å². The molecule has 0 N–H and O–H groups in total. The van der Waals surface area contributed by atoms with E-state index in [1.807, 2.05) is 17.0 Å². The zero-order valence-corrected chi connectivity index (χ0v) is 14.0. The smallest absolute Gasteiger partial charge is 0.261 e. The van der Waals surface area contributed by atoms with Gasteiger partial charge in [-0.05, 0) is 31.4 Å². The third-order valence-electron chi connectivity index (χ3n) is 4.86. The van der Waals surface area contributed by atoms with Crippen LogP contribution in [0, 0.1) is 18.8 Å². The Kier molecular flexibility index (Phi) is 3.70. The predicted molar refractivity (Wildman–Crippen MR) is 88.3 cm³/mol. The van der Waals surface area contributed by atoms with E-state index in [1.165, 1.54) is 0 Å². The first-order valence-electron chi connectivity index (χ1n) is 8.43. The molecule has 2 atom stereocenters. The lowest BCUT2D eigenvalue weighted by Crippen LogP contribution is -2.49. The van der Waals surface area contributed by atoms with Gasteiger partial charge in [-0.3, -0.25) is 4.79 Å². The van der Waals surface area contributed by atoms with Gasteiger partial charge in [0.1, 0.15) is 5.82 Å². The van der Waals surface area contributed by atoms with Crippen molar-refractivity contribution in [1.82, 2.24) is 20.0 Å². The third-order valence-corrected chi connectivity index (χ3v) is 4.86. The molecular weight excluding hydrogens is 306 g/mol. The molecular formula is C17H21N5O2. The average Bonchev–Trinajstić information content (AvgIpc) is 3.19. The first kappa shape index (κ1) is 15.1. The van der Waals surface area contributed by atoms with E-state index in [1.54, 1.807) is 13.1 Å². The molecule has 24 heavy (non-hydrogen) atoms. The van der Waals surface area contributed by atoms with E-state index in [0.717, 1.165) is 44.0 Å². The molecule has 1 saturated carbocycles. The standard InChI is InChI=1S/C17H21N5O2/c1-11-10-14(11)17(23)22-8-6-21(7-9-22)15-13(4-3-5-18-15)16-19-12(2)20-24-16/h3-5,11,14H,6-10H2,1-2H3/t11-,14-/m1/s1. The van der Waals surface area contributed by atoms with Gasteiger partial charge in [-0.25, -0.2) is 4.98 Å². The molecule has 1 saturated heterocycles. The predicted octanol–water partition coefficient (Wildman–Crippen LogP) is 1.74. The molecule has 2 fully saturated rings. The highest BCUT2D eigenvalue weighted by Gasteiger charge is 2.42. The van der Waals surface area contributed by atoms with Crippen molar-refractivity contribution in [3.05, 3.63) is 24.2 Å². The highest BCUT2D eigenvalue weighted by atomic mass is 16.5. The van der Waals surface area contributed by atoms with Crippen molar-refractivity contribution >= 4 is 11.7 Å². The van der Waals surface area contributed by atoms with Crippen LogP contribution >= 0.6 is 0 Å². The van der Waals surface area contributed by atoms with Gasteiger partial charge in [0.2, 0.25) is 5.91 Å². The van der Waals surface area contributed by atoms with Gasteiger partial charge >= 0.3 is 0 Å². The molecule has 2 aliphatic rings. The summed E-state index contributed by atoms with van der Waals surface area (Å²) in [6.45, 7) is 6.95. The molecule has 126 valence electrons. The molecule has 7 nitrogen and oxygen atoms in total. The second-order valence-electron chi connectivity index (χ2n) is 6.65. The number of aromatic nitrogens is 3. The fourth-order valence-electron chi connectivity index (χ4n) is 3.26. The number of pyridine rings is 1. The molecule has 1 aliphatic carbocycles. The van der Waals surface area contributed by atoms with Gasteiger partial charge in [0.15, 0.2) is 5.82 Å². The van der Waals surface area contributed by atoms with Gasteiger partial charge in [-0.1, -0.05) is 12.1 Å². The quantitative estimate of drug-likeness (QED) is 0.855. The fourth-order valence-corrected chi connectivity index (χ4v) is 3.26. The molecule has 2 aromatic rings. The lowest BCUT2D eigenvalue weighted by atomic mass is 10.2. The number of hydrogen-bond donors (Lipinski definition) is 0. The van der Waals surface area contributed by atoms with E-state index < -0.39 is 0 Å². The molecule has 4 rings (SSSR count). The van der Waals surface area contributed by atoms with Crippen molar-refractivity contribution in [2.45, 2.75) is 20.3 Å². The lowest BCUT2D eigenvalue weighted by Gasteiger charge is -2.36. The van der Waals surface area contributed by atoms with Crippen LogP contribution in [-0.2, 0) is 4.79 Å². The Hall–Kier alpha value is -2.44. The minimum absolute atomic E-state index is 0.253. The van der Waals surface area contributed by atoms with Crippen molar-refractivity contribution in [3.63, 3.8) is 0 Å². The van der Waals surface area contributed by atoms with Gasteiger partial charge in [-0.15, -0.1) is 0 Å². The monoisotopic (exact) mass is 327 g/mol. The van der Waals surface area contributed by atoms with Crippen LogP contribution in [0.3, 0.4) is 0 Å². The summed E-state index contributed by atoms with van der Waals surface area (Å²) in [5.74, 6) is 3.06. The Morgan fingerprint density at radius 2 is 2.04 bits per heavy atom. The van der Waals surface area contributed by atoms with E-state index in [2.05, 4.69) is 26.9 Å². The number of aryl methyl sites for hydroxylation is 1. The highest BCUT2D eigenvalue weighted by Crippen LogP contribution is 2.39. The zero-order chi connectivity index (χ0) is 16.7. The maximum absolute atomic E-state index is 12.4. The molecule has 7 heteroatoms. The SMILES string of the molecule is Cc1noc(-c2cccnc2N2CCN(C(=O)[C@@H]3C[C@H]3C)CC2)n1. The summed E-state index contributed by atoms with van der Waals surface area (Å²) in [5, 5.41) is 3.86. The summed E-state index contributed by atoms with van der Waals surface area (Å²) in [6, 6.07) is 3.81. The van der Waals surface area contributed by atoms with E-state index in [0.29, 0.717) is 23.5 Å². The van der Waals surface area contributed by atoms with Crippen LogP contribution in [-0.4, -0.2) is 52.1 Å². The first-order chi connectivity index (χ1) is 11.6. The number of nitrogens with zero attached hydrogens (tertiary/aromatic N) is 5. The van der Waals surface area contributed by atoms with Crippen LogP contribution in [0.25, 0.3) is 11.5 Å². The van der Waals surface area contributed by atoms with Crippen LogP contribution in [0.4, 0.5) is 5.82 Å². The molecule has 0 unspecified atom stereocenters. The molecule has 0 bridgehead atoms. The second-order valence-corrected chi connectivity index (χ2v) is 6.65. The normalized spacial score (nSPS) is 23.4. The van der Waals surface area contributed by atoms with E-state index in [4.69, 9.17) is 4.52 Å². The molecule has 3 heterocycles. The third kappa shape index (κ3) is 2.74. The minimum Gasteiger partial charge on any atom is -0.352 e. The molecule has 0 aromatic carbocycles. The van der Waals surface area contributed by atoms with E-state index >= 15 is 0 Å². The number of piperazine rings is 1. The van der Waals surface area contributed by atoms with Gasteiger partial charge in [0.25, 0.3) is 5.89 Å². The summed E-state index contributed by atoms with van der Waals surface area (Å²) in [5.41, 5.74) is 0.841. The summed E-state index contributed by atoms with van der Waals surface area (Å²) in [6.07, 6.45) is 2.81. The summed E-state index contributed by atoms with van der Waals surface area (Å²) < 4.78 is 5.30. The van der Waals surface area contributed by atoms with Gasteiger partial charge < -0.3 is 14.3 Å². The molecule has 1 aliphatic heterocycles. The van der Waals surface area contributed by atoms with E-state index in [9.17, 15) is 4.79 Å². The Morgan fingerprint density at radius 3 is 2.67 bits per heavy atom.